The average molecular weight is 451 g/mol. The first kappa shape index (κ1) is 22.4. The Morgan fingerprint density at radius 1 is 0.938 bits per heavy atom. The fourth-order valence-electron chi connectivity index (χ4n) is 2.64. The molecule has 32 heavy (non-hydrogen) atoms. The van der Waals surface area contributed by atoms with E-state index in [4.69, 9.17) is 9.47 Å². The highest BCUT2D eigenvalue weighted by Crippen LogP contribution is 2.37. The number of alkyl halides is 3. The van der Waals surface area contributed by atoms with Gasteiger partial charge < -0.3 is 24.8 Å². The zero-order valence-corrected chi connectivity index (χ0v) is 16.6. The molecule has 0 aliphatic carbocycles. The van der Waals surface area contributed by atoms with E-state index in [2.05, 4.69) is 25.3 Å². The fraction of sp³-hybridized carbons (Fsp3) is 0.158. The minimum absolute atomic E-state index is 0.131. The lowest BCUT2D eigenvalue weighted by Crippen LogP contribution is -2.17. The van der Waals surface area contributed by atoms with E-state index in [1.807, 2.05) is 0 Å². The van der Waals surface area contributed by atoms with Crippen molar-refractivity contribution in [3.63, 3.8) is 0 Å². The van der Waals surface area contributed by atoms with Crippen LogP contribution in [0.2, 0.25) is 0 Å². The number of nitro groups is 1. The lowest BCUT2D eigenvalue weighted by molar-refractivity contribution is -0.383. The van der Waals surface area contributed by atoms with Gasteiger partial charge in [-0.3, -0.25) is 10.1 Å². The van der Waals surface area contributed by atoms with Gasteiger partial charge in [-0.05, 0) is 36.4 Å². The smallest absolute Gasteiger partial charge is 0.497 e. The normalized spacial score (nSPS) is 10.9. The molecule has 3 rings (SSSR count). The molecule has 0 fully saturated rings. The van der Waals surface area contributed by atoms with Gasteiger partial charge in [0, 0.05) is 11.8 Å². The maximum atomic E-state index is 12.3. The number of benzene rings is 2. The van der Waals surface area contributed by atoms with E-state index < -0.39 is 22.7 Å². The molecule has 1 aromatic heterocycles. The molecule has 0 radical (unpaired) electrons. The number of nitrogens with zero attached hydrogens (tertiary/aromatic N) is 3. The number of aromatic nitrogens is 2. The third-order valence-corrected chi connectivity index (χ3v) is 4.02. The van der Waals surface area contributed by atoms with E-state index in [0.717, 1.165) is 18.5 Å². The highest BCUT2D eigenvalue weighted by atomic mass is 19.4. The first-order valence-corrected chi connectivity index (χ1v) is 8.81. The number of methoxy groups -OCH3 is 2. The third kappa shape index (κ3) is 5.44. The highest BCUT2D eigenvalue weighted by molar-refractivity contribution is 5.78. The van der Waals surface area contributed by atoms with Crippen molar-refractivity contribution in [2.45, 2.75) is 6.36 Å². The molecule has 0 aliphatic rings. The summed E-state index contributed by atoms with van der Waals surface area (Å²) in [5.74, 6) is 0.128. The second-order valence-corrected chi connectivity index (χ2v) is 6.06. The van der Waals surface area contributed by atoms with E-state index in [9.17, 15) is 23.3 Å². The summed E-state index contributed by atoms with van der Waals surface area (Å²) < 4.78 is 51.1. The van der Waals surface area contributed by atoms with Crippen LogP contribution in [0.1, 0.15) is 0 Å². The van der Waals surface area contributed by atoms with Crippen LogP contribution in [0.5, 0.6) is 17.2 Å². The average Bonchev–Trinajstić information content (AvgIpc) is 2.74. The number of halogens is 3. The summed E-state index contributed by atoms with van der Waals surface area (Å²) in [5, 5.41) is 17.3. The van der Waals surface area contributed by atoms with Gasteiger partial charge in [-0.25, -0.2) is 9.97 Å². The standard InChI is InChI=1S/C19H16F3N5O5/c1-30-13-7-8-14(15(9-13)31-2)26-18-16(27(28)29)17(23-10-24-18)25-11-3-5-12(6-4-11)32-19(20,21)22/h3-10H,1-2H3,(H2,23,24,25,26). The number of ether oxygens (including phenoxy) is 3. The van der Waals surface area contributed by atoms with Crippen LogP contribution >= 0.6 is 0 Å². The predicted molar refractivity (Wildman–Crippen MR) is 108 cm³/mol. The summed E-state index contributed by atoms with van der Waals surface area (Å²) in [6.07, 6.45) is -3.74. The quantitative estimate of drug-likeness (QED) is 0.368. The SMILES string of the molecule is COc1ccc(Nc2ncnc(Nc3ccc(OC(F)(F)F)cc3)c2[N+](=O)[O-])c(OC)c1. The van der Waals surface area contributed by atoms with Gasteiger partial charge in [-0.2, -0.15) is 0 Å². The Hall–Kier alpha value is -4.29. The van der Waals surface area contributed by atoms with Crippen molar-refractivity contribution < 1.29 is 32.3 Å². The summed E-state index contributed by atoms with van der Waals surface area (Å²) in [6.45, 7) is 0. The molecule has 0 amide bonds. The van der Waals surface area contributed by atoms with Crippen molar-refractivity contribution in [2.75, 3.05) is 24.9 Å². The largest absolute Gasteiger partial charge is 0.573 e. The van der Waals surface area contributed by atoms with Crippen LogP contribution < -0.4 is 24.8 Å². The molecule has 13 heteroatoms. The summed E-state index contributed by atoms with van der Waals surface area (Å²) >= 11 is 0. The Morgan fingerprint density at radius 2 is 1.56 bits per heavy atom. The number of rotatable bonds is 8. The molecule has 2 aromatic carbocycles. The molecule has 2 N–H and O–H groups in total. The van der Waals surface area contributed by atoms with Crippen molar-refractivity contribution in [1.82, 2.24) is 9.97 Å². The van der Waals surface area contributed by atoms with Gasteiger partial charge in [0.1, 0.15) is 23.6 Å². The van der Waals surface area contributed by atoms with Crippen LogP contribution in [0.25, 0.3) is 0 Å². The van der Waals surface area contributed by atoms with Gasteiger partial charge in [0.05, 0.1) is 24.8 Å². The molecule has 0 bridgehead atoms. The Kier molecular flexibility index (Phi) is 6.47. The van der Waals surface area contributed by atoms with E-state index in [-0.39, 0.29) is 17.3 Å². The zero-order chi connectivity index (χ0) is 23.3. The van der Waals surface area contributed by atoms with Crippen molar-refractivity contribution in [1.29, 1.82) is 0 Å². The maximum Gasteiger partial charge on any atom is 0.573 e. The highest BCUT2D eigenvalue weighted by Gasteiger charge is 2.31. The predicted octanol–water partition coefficient (Wildman–Crippen LogP) is 4.79. The minimum atomic E-state index is -4.83. The van der Waals surface area contributed by atoms with Gasteiger partial charge in [0.2, 0.25) is 11.6 Å². The fourth-order valence-corrected chi connectivity index (χ4v) is 2.64. The van der Waals surface area contributed by atoms with Crippen molar-refractivity contribution in [3.8, 4) is 17.2 Å². The molecular formula is C19H16F3N5O5. The Morgan fingerprint density at radius 3 is 2.12 bits per heavy atom. The van der Waals surface area contributed by atoms with Crippen molar-refractivity contribution >= 4 is 28.7 Å². The number of anilines is 4. The lowest BCUT2D eigenvalue weighted by Gasteiger charge is -2.13. The van der Waals surface area contributed by atoms with Crippen molar-refractivity contribution in [2.24, 2.45) is 0 Å². The molecule has 0 spiro atoms. The molecule has 0 saturated carbocycles. The Balaban J connectivity index is 1.89. The van der Waals surface area contributed by atoms with E-state index in [1.54, 1.807) is 18.2 Å². The Labute approximate surface area is 179 Å². The van der Waals surface area contributed by atoms with Crippen LogP contribution in [-0.4, -0.2) is 35.5 Å². The Bertz CT molecular complexity index is 1110. The van der Waals surface area contributed by atoms with E-state index >= 15 is 0 Å². The molecule has 1 heterocycles. The van der Waals surface area contributed by atoms with Gasteiger partial charge in [0.25, 0.3) is 0 Å². The monoisotopic (exact) mass is 451 g/mol. The van der Waals surface area contributed by atoms with Crippen molar-refractivity contribution in [3.05, 3.63) is 58.9 Å². The summed E-state index contributed by atoms with van der Waals surface area (Å²) in [5.41, 5.74) is 0.144. The van der Waals surface area contributed by atoms with Crippen LogP contribution in [-0.2, 0) is 0 Å². The second kappa shape index (κ2) is 9.24. The summed E-state index contributed by atoms with van der Waals surface area (Å²) in [7, 11) is 2.91. The molecule has 10 nitrogen and oxygen atoms in total. The number of nitrogens with one attached hydrogen (secondary N) is 2. The second-order valence-electron chi connectivity index (χ2n) is 6.06. The number of hydrogen-bond donors (Lipinski definition) is 2. The van der Waals surface area contributed by atoms with Gasteiger partial charge >= 0.3 is 12.0 Å². The zero-order valence-electron chi connectivity index (χ0n) is 16.6. The summed E-state index contributed by atoms with van der Waals surface area (Å²) in [4.78, 5) is 18.9. The maximum absolute atomic E-state index is 12.3. The third-order valence-electron chi connectivity index (χ3n) is 4.02. The van der Waals surface area contributed by atoms with Crippen LogP contribution in [0.15, 0.2) is 48.8 Å². The number of hydrogen-bond acceptors (Lipinski definition) is 9. The first-order valence-electron chi connectivity index (χ1n) is 8.81. The van der Waals surface area contributed by atoms with Gasteiger partial charge in [0.15, 0.2) is 0 Å². The molecule has 168 valence electrons. The van der Waals surface area contributed by atoms with Crippen LogP contribution in [0.4, 0.5) is 41.9 Å². The topological polar surface area (TPSA) is 121 Å². The molecule has 0 saturated heterocycles. The van der Waals surface area contributed by atoms with Crippen LogP contribution in [0, 0.1) is 10.1 Å². The van der Waals surface area contributed by atoms with Gasteiger partial charge in [-0.15, -0.1) is 13.2 Å². The van der Waals surface area contributed by atoms with E-state index in [0.29, 0.717) is 17.2 Å². The van der Waals surface area contributed by atoms with Gasteiger partial charge in [-0.1, -0.05) is 0 Å². The molecule has 0 unspecified atom stereocenters. The molecule has 0 atom stereocenters. The van der Waals surface area contributed by atoms with E-state index in [1.165, 1.54) is 26.4 Å². The minimum Gasteiger partial charge on any atom is -0.497 e. The summed E-state index contributed by atoms with van der Waals surface area (Å²) in [6, 6.07) is 9.43. The molecular weight excluding hydrogens is 435 g/mol. The van der Waals surface area contributed by atoms with Crippen LogP contribution in [0.3, 0.4) is 0 Å². The molecule has 0 aliphatic heterocycles. The lowest BCUT2D eigenvalue weighted by atomic mass is 10.2. The first-order chi connectivity index (χ1) is 15.2. The molecule has 3 aromatic rings.